The maximum atomic E-state index is 13.7. The van der Waals surface area contributed by atoms with E-state index in [-0.39, 0.29) is 16.9 Å². The number of aromatic nitrogens is 2. The summed E-state index contributed by atoms with van der Waals surface area (Å²) in [6.07, 6.45) is 1.05. The number of hydrogen-bond acceptors (Lipinski definition) is 4. The van der Waals surface area contributed by atoms with Crippen molar-refractivity contribution in [2.24, 2.45) is 0 Å². The monoisotopic (exact) mass is 394 g/mol. The van der Waals surface area contributed by atoms with Crippen molar-refractivity contribution in [3.8, 4) is 0 Å². The second kappa shape index (κ2) is 7.14. The molecule has 0 saturated carbocycles. The molecule has 3 N–H and O–H groups in total. The third kappa shape index (κ3) is 3.84. The van der Waals surface area contributed by atoms with Crippen LogP contribution in [-0.4, -0.2) is 24.5 Å². The molecule has 1 aromatic heterocycles. The molecule has 0 aliphatic rings. The molecular weight excluding hydrogens is 383 g/mol. The molecule has 0 atom stereocenters. The quantitative estimate of drug-likeness (QED) is 0.617. The van der Waals surface area contributed by atoms with Crippen LogP contribution in [0.5, 0.6) is 0 Å². The number of benzene rings is 2. The van der Waals surface area contributed by atoms with Gasteiger partial charge in [0.05, 0.1) is 17.4 Å². The predicted octanol–water partition coefficient (Wildman–Crippen LogP) is 3.26. The van der Waals surface area contributed by atoms with Gasteiger partial charge in [0, 0.05) is 10.7 Å². The molecule has 26 heavy (non-hydrogen) atoms. The molecule has 3 rings (SSSR count). The highest BCUT2D eigenvalue weighted by molar-refractivity contribution is 7.92. The van der Waals surface area contributed by atoms with Crippen LogP contribution >= 0.6 is 11.6 Å². The second-order valence-corrected chi connectivity index (χ2v) is 7.21. The van der Waals surface area contributed by atoms with Crippen LogP contribution in [0.4, 0.5) is 15.8 Å². The Morgan fingerprint density at radius 1 is 1.12 bits per heavy atom. The molecule has 0 bridgehead atoms. The van der Waals surface area contributed by atoms with Crippen LogP contribution < -0.4 is 10.0 Å². The lowest BCUT2D eigenvalue weighted by Gasteiger charge is -2.09. The number of rotatable bonds is 5. The Kier molecular flexibility index (Phi) is 4.92. The highest BCUT2D eigenvalue weighted by Crippen LogP contribution is 2.21. The van der Waals surface area contributed by atoms with E-state index in [0.717, 1.165) is 6.20 Å². The van der Waals surface area contributed by atoms with E-state index in [1.807, 2.05) is 0 Å². The Labute approximate surface area is 153 Å². The third-order valence-corrected chi connectivity index (χ3v) is 4.94. The summed E-state index contributed by atoms with van der Waals surface area (Å²) in [5.74, 6) is -1.46. The number of nitrogens with one attached hydrogen (secondary N) is 3. The first kappa shape index (κ1) is 17.9. The summed E-state index contributed by atoms with van der Waals surface area (Å²) in [6.45, 7) is 0. The largest absolute Gasteiger partial charge is 0.319 e. The minimum atomic E-state index is -4.13. The van der Waals surface area contributed by atoms with Crippen molar-refractivity contribution < 1.29 is 17.6 Å². The van der Waals surface area contributed by atoms with Gasteiger partial charge in [-0.25, -0.2) is 4.39 Å². The summed E-state index contributed by atoms with van der Waals surface area (Å²) in [5.41, 5.74) is -0.0770. The molecule has 0 fully saturated rings. The normalized spacial score (nSPS) is 11.2. The first-order valence-corrected chi connectivity index (χ1v) is 9.10. The molecular formula is C16H12ClFN4O3S. The van der Waals surface area contributed by atoms with Crippen molar-refractivity contribution in [3.63, 3.8) is 0 Å². The van der Waals surface area contributed by atoms with Crippen LogP contribution in [0.2, 0.25) is 5.02 Å². The molecule has 1 amide bonds. The molecule has 0 saturated heterocycles. The van der Waals surface area contributed by atoms with Gasteiger partial charge in [0.25, 0.3) is 15.9 Å². The fourth-order valence-electron chi connectivity index (χ4n) is 2.12. The minimum Gasteiger partial charge on any atom is -0.319 e. The van der Waals surface area contributed by atoms with E-state index in [1.54, 1.807) is 0 Å². The van der Waals surface area contributed by atoms with E-state index < -0.39 is 26.8 Å². The molecule has 10 heteroatoms. The molecule has 0 spiro atoms. The van der Waals surface area contributed by atoms with Crippen molar-refractivity contribution in [2.45, 2.75) is 5.03 Å². The average molecular weight is 395 g/mol. The zero-order valence-electron chi connectivity index (χ0n) is 13.0. The van der Waals surface area contributed by atoms with Crippen molar-refractivity contribution in [2.75, 3.05) is 10.0 Å². The van der Waals surface area contributed by atoms with Gasteiger partial charge in [0.15, 0.2) is 5.03 Å². The summed E-state index contributed by atoms with van der Waals surface area (Å²) >= 11 is 5.76. The lowest BCUT2D eigenvalue weighted by atomic mass is 10.2. The van der Waals surface area contributed by atoms with Crippen LogP contribution in [0.25, 0.3) is 0 Å². The van der Waals surface area contributed by atoms with Crippen molar-refractivity contribution in [3.05, 3.63) is 71.1 Å². The number of amides is 1. The first-order chi connectivity index (χ1) is 12.4. The first-order valence-electron chi connectivity index (χ1n) is 7.24. The topological polar surface area (TPSA) is 104 Å². The fraction of sp³-hybridized carbons (Fsp3) is 0. The van der Waals surface area contributed by atoms with Gasteiger partial charge >= 0.3 is 0 Å². The van der Waals surface area contributed by atoms with Crippen LogP contribution in [0, 0.1) is 5.82 Å². The van der Waals surface area contributed by atoms with Gasteiger partial charge in [0.1, 0.15) is 5.82 Å². The smallest absolute Gasteiger partial charge is 0.279 e. The number of H-pyrrole nitrogens is 1. The number of hydrogen-bond donors (Lipinski definition) is 3. The Morgan fingerprint density at radius 2 is 1.81 bits per heavy atom. The lowest BCUT2D eigenvalue weighted by Crippen LogP contribution is -2.20. The predicted molar refractivity (Wildman–Crippen MR) is 95.2 cm³/mol. The lowest BCUT2D eigenvalue weighted by molar-refractivity contribution is 0.102. The van der Waals surface area contributed by atoms with Crippen molar-refractivity contribution in [1.29, 1.82) is 0 Å². The third-order valence-electron chi connectivity index (χ3n) is 3.34. The van der Waals surface area contributed by atoms with Gasteiger partial charge in [-0.05, 0) is 36.4 Å². The number of sulfonamides is 1. The van der Waals surface area contributed by atoms with E-state index in [0.29, 0.717) is 5.02 Å². The highest BCUT2D eigenvalue weighted by atomic mass is 35.5. The molecule has 0 unspecified atom stereocenters. The maximum Gasteiger partial charge on any atom is 0.279 e. The SMILES string of the molecule is O=C(Nc1ccccc1F)c1cn[nH]c1S(=O)(=O)Nc1ccc(Cl)cc1. The van der Waals surface area contributed by atoms with E-state index >= 15 is 0 Å². The molecule has 2 aromatic carbocycles. The Hall–Kier alpha value is -2.91. The van der Waals surface area contributed by atoms with E-state index in [1.165, 1.54) is 48.5 Å². The van der Waals surface area contributed by atoms with Gasteiger partial charge in [-0.15, -0.1) is 0 Å². The number of aromatic amines is 1. The Balaban J connectivity index is 1.86. The zero-order chi connectivity index (χ0) is 18.7. The number of carbonyl (C=O) groups excluding carboxylic acids is 1. The van der Waals surface area contributed by atoms with Gasteiger partial charge in [0.2, 0.25) is 0 Å². The van der Waals surface area contributed by atoms with Crippen LogP contribution in [-0.2, 0) is 10.0 Å². The van der Waals surface area contributed by atoms with Crippen molar-refractivity contribution >= 4 is 38.9 Å². The van der Waals surface area contributed by atoms with Crippen LogP contribution in [0.3, 0.4) is 0 Å². The van der Waals surface area contributed by atoms with Crippen molar-refractivity contribution in [1.82, 2.24) is 10.2 Å². The second-order valence-electron chi connectivity index (χ2n) is 5.16. The van der Waals surface area contributed by atoms with E-state index in [2.05, 4.69) is 20.2 Å². The summed E-state index contributed by atoms with van der Waals surface area (Å²) in [6, 6.07) is 11.5. The van der Waals surface area contributed by atoms with Gasteiger partial charge in [-0.1, -0.05) is 23.7 Å². The summed E-state index contributed by atoms with van der Waals surface area (Å²) in [7, 11) is -4.13. The number of halogens is 2. The number of para-hydroxylation sites is 1. The molecule has 134 valence electrons. The molecule has 1 heterocycles. The van der Waals surface area contributed by atoms with Gasteiger partial charge in [-0.3, -0.25) is 14.6 Å². The highest BCUT2D eigenvalue weighted by Gasteiger charge is 2.25. The number of carbonyl (C=O) groups is 1. The molecule has 3 aromatic rings. The summed E-state index contributed by atoms with van der Waals surface area (Å²) in [4.78, 5) is 12.3. The molecule has 0 aliphatic carbocycles. The minimum absolute atomic E-state index is 0.0762. The van der Waals surface area contributed by atoms with Crippen LogP contribution in [0.1, 0.15) is 10.4 Å². The summed E-state index contributed by atoms with van der Waals surface area (Å²) < 4.78 is 41.0. The number of anilines is 2. The van der Waals surface area contributed by atoms with Gasteiger partial charge in [-0.2, -0.15) is 13.5 Å². The molecule has 7 nitrogen and oxygen atoms in total. The maximum absolute atomic E-state index is 13.7. The Bertz CT molecular complexity index is 1050. The molecule has 0 radical (unpaired) electrons. The average Bonchev–Trinajstić information content (AvgIpc) is 3.10. The van der Waals surface area contributed by atoms with E-state index in [9.17, 15) is 17.6 Å². The fourth-order valence-corrected chi connectivity index (χ4v) is 3.40. The zero-order valence-corrected chi connectivity index (χ0v) is 14.6. The Morgan fingerprint density at radius 3 is 2.50 bits per heavy atom. The standard InChI is InChI=1S/C16H12ClFN4O3S/c17-10-5-7-11(8-6-10)22-26(24,25)16-12(9-19-21-16)15(23)20-14-4-2-1-3-13(14)18/h1-9,22H,(H,19,21)(H,20,23). The molecule has 0 aliphatic heterocycles. The van der Waals surface area contributed by atoms with Crippen LogP contribution in [0.15, 0.2) is 59.8 Å². The van der Waals surface area contributed by atoms with Gasteiger partial charge < -0.3 is 5.32 Å². The summed E-state index contributed by atoms with van der Waals surface area (Å²) in [5, 5.41) is 8.20. The van der Waals surface area contributed by atoms with E-state index in [4.69, 9.17) is 11.6 Å². The number of nitrogens with zero attached hydrogens (tertiary/aromatic N) is 1.